The maximum Gasteiger partial charge on any atom is 0.320 e. The van der Waals surface area contributed by atoms with Crippen LogP contribution in [-0.4, -0.2) is 49.1 Å². The zero-order chi connectivity index (χ0) is 21.3. The van der Waals surface area contributed by atoms with Gasteiger partial charge in [-0.05, 0) is 18.1 Å². The zero-order valence-corrected chi connectivity index (χ0v) is 17.7. The summed E-state index contributed by atoms with van der Waals surface area (Å²) in [6.45, 7) is 5.50. The van der Waals surface area contributed by atoms with Gasteiger partial charge in [-0.2, -0.15) is 15.1 Å². The average molecular weight is 418 g/mol. The monoisotopic (exact) mass is 417 g/mol. The molecule has 7 heteroatoms. The first-order chi connectivity index (χ1) is 15.3. The number of hydrogen-bond donors (Lipinski definition) is 1. The molecule has 2 heterocycles. The van der Waals surface area contributed by atoms with E-state index in [9.17, 15) is 0 Å². The van der Waals surface area contributed by atoms with Crippen molar-refractivity contribution in [1.82, 2.24) is 9.97 Å². The molecule has 0 spiro atoms. The molecule has 160 valence electrons. The first-order valence-electron chi connectivity index (χ1n) is 10.5. The van der Waals surface area contributed by atoms with Gasteiger partial charge in [0.1, 0.15) is 5.82 Å². The van der Waals surface area contributed by atoms with Crippen molar-refractivity contribution in [2.45, 2.75) is 13.3 Å². The molecule has 0 unspecified atom stereocenters. The summed E-state index contributed by atoms with van der Waals surface area (Å²) in [6, 6.07) is 20.6. The van der Waals surface area contributed by atoms with Crippen LogP contribution in [0.1, 0.15) is 16.7 Å². The molecule has 0 radical (unpaired) electrons. The predicted octanol–water partition coefficient (Wildman–Crippen LogP) is 3.69. The van der Waals surface area contributed by atoms with E-state index in [2.05, 4.69) is 56.6 Å². The largest absolute Gasteiger partial charge is 0.463 e. The number of anilines is 2. The maximum absolute atomic E-state index is 5.89. The number of nitrogens with zero attached hydrogens (tertiary/aromatic N) is 4. The molecule has 1 aromatic heterocycles. The molecule has 1 aliphatic heterocycles. The summed E-state index contributed by atoms with van der Waals surface area (Å²) in [5, 5.41) is 4.34. The Bertz CT molecular complexity index is 1000. The molecule has 0 bridgehead atoms. The van der Waals surface area contributed by atoms with E-state index in [1.54, 1.807) is 6.21 Å². The third-order valence-electron chi connectivity index (χ3n) is 4.93. The topological polar surface area (TPSA) is 71.9 Å². The Morgan fingerprint density at radius 2 is 1.90 bits per heavy atom. The lowest BCUT2D eigenvalue weighted by molar-refractivity contribution is 0.122. The van der Waals surface area contributed by atoms with Crippen LogP contribution in [0.15, 0.2) is 65.8 Å². The highest BCUT2D eigenvalue weighted by Crippen LogP contribution is 2.21. The minimum absolute atomic E-state index is 0.341. The number of hydrazone groups is 1. The van der Waals surface area contributed by atoms with Crippen molar-refractivity contribution < 1.29 is 9.47 Å². The molecular weight excluding hydrogens is 390 g/mol. The summed E-state index contributed by atoms with van der Waals surface area (Å²) >= 11 is 0. The Kier molecular flexibility index (Phi) is 7.08. The molecule has 4 rings (SSSR count). The minimum atomic E-state index is 0.341. The van der Waals surface area contributed by atoms with E-state index in [4.69, 9.17) is 9.47 Å². The summed E-state index contributed by atoms with van der Waals surface area (Å²) in [5.74, 6) is 1.40. The SMILES string of the molecule is Cc1cccc(C=NNc2cc(N3CCOCC3)nc(OCCc3ccccc3)n2)c1. The van der Waals surface area contributed by atoms with Gasteiger partial charge in [-0.25, -0.2) is 0 Å². The number of hydrogen-bond acceptors (Lipinski definition) is 7. The normalized spacial score (nSPS) is 14.0. The van der Waals surface area contributed by atoms with Crippen LogP contribution in [0.2, 0.25) is 0 Å². The van der Waals surface area contributed by atoms with Gasteiger partial charge in [0, 0.05) is 25.6 Å². The highest BCUT2D eigenvalue weighted by molar-refractivity contribution is 5.80. The fourth-order valence-corrected chi connectivity index (χ4v) is 3.32. The smallest absolute Gasteiger partial charge is 0.320 e. The maximum atomic E-state index is 5.89. The van der Waals surface area contributed by atoms with Gasteiger partial charge in [0.05, 0.1) is 26.0 Å². The van der Waals surface area contributed by atoms with Crippen LogP contribution >= 0.6 is 0 Å². The highest BCUT2D eigenvalue weighted by Gasteiger charge is 2.15. The van der Waals surface area contributed by atoms with Gasteiger partial charge in [-0.1, -0.05) is 60.2 Å². The van der Waals surface area contributed by atoms with Gasteiger partial charge in [0.2, 0.25) is 0 Å². The number of morpholine rings is 1. The van der Waals surface area contributed by atoms with E-state index in [0.717, 1.165) is 30.9 Å². The molecule has 3 aromatic rings. The first kappa shape index (κ1) is 20.8. The second-order valence-electron chi connectivity index (χ2n) is 7.36. The molecule has 0 aliphatic carbocycles. The lowest BCUT2D eigenvalue weighted by Gasteiger charge is -2.28. The van der Waals surface area contributed by atoms with Crippen molar-refractivity contribution in [3.05, 3.63) is 77.4 Å². The first-order valence-corrected chi connectivity index (χ1v) is 10.5. The average Bonchev–Trinajstić information content (AvgIpc) is 2.80. The Balaban J connectivity index is 1.46. The zero-order valence-electron chi connectivity index (χ0n) is 17.7. The van der Waals surface area contributed by atoms with Gasteiger partial charge in [0.25, 0.3) is 0 Å². The Hall–Kier alpha value is -3.45. The molecule has 31 heavy (non-hydrogen) atoms. The van der Waals surface area contributed by atoms with Crippen LogP contribution < -0.4 is 15.1 Å². The van der Waals surface area contributed by atoms with Crippen LogP contribution in [0, 0.1) is 6.92 Å². The number of aryl methyl sites for hydroxylation is 1. The van der Waals surface area contributed by atoms with Gasteiger partial charge < -0.3 is 14.4 Å². The van der Waals surface area contributed by atoms with Crippen molar-refractivity contribution >= 4 is 17.9 Å². The molecule has 2 aromatic carbocycles. The predicted molar refractivity (Wildman–Crippen MR) is 123 cm³/mol. The Labute approximate surface area is 182 Å². The molecule has 0 saturated carbocycles. The van der Waals surface area contributed by atoms with Gasteiger partial charge in [-0.3, -0.25) is 5.43 Å². The lowest BCUT2D eigenvalue weighted by atomic mass is 10.2. The van der Waals surface area contributed by atoms with Gasteiger partial charge in [-0.15, -0.1) is 0 Å². The van der Waals surface area contributed by atoms with E-state index in [1.165, 1.54) is 11.1 Å². The van der Waals surface area contributed by atoms with E-state index in [0.29, 0.717) is 31.6 Å². The highest BCUT2D eigenvalue weighted by atomic mass is 16.5. The van der Waals surface area contributed by atoms with E-state index < -0.39 is 0 Å². The summed E-state index contributed by atoms with van der Waals surface area (Å²) < 4.78 is 11.4. The van der Waals surface area contributed by atoms with E-state index in [-0.39, 0.29) is 0 Å². The van der Waals surface area contributed by atoms with Crippen LogP contribution in [-0.2, 0) is 11.2 Å². The third-order valence-corrected chi connectivity index (χ3v) is 4.93. The fraction of sp³-hybridized carbons (Fsp3) is 0.292. The summed E-state index contributed by atoms with van der Waals surface area (Å²) in [7, 11) is 0. The van der Waals surface area contributed by atoms with Gasteiger partial charge >= 0.3 is 6.01 Å². The molecule has 1 N–H and O–H groups in total. The van der Waals surface area contributed by atoms with Crippen molar-refractivity contribution in [2.24, 2.45) is 5.10 Å². The molecule has 1 aliphatic rings. The molecule has 0 atom stereocenters. The van der Waals surface area contributed by atoms with Crippen LogP contribution in [0.5, 0.6) is 6.01 Å². The molecule has 1 saturated heterocycles. The second kappa shape index (κ2) is 10.5. The molecule has 0 amide bonds. The van der Waals surface area contributed by atoms with Crippen molar-refractivity contribution in [3.8, 4) is 6.01 Å². The van der Waals surface area contributed by atoms with E-state index in [1.807, 2.05) is 36.4 Å². The second-order valence-corrected chi connectivity index (χ2v) is 7.36. The number of benzene rings is 2. The third kappa shape index (κ3) is 6.26. The Morgan fingerprint density at radius 3 is 2.71 bits per heavy atom. The van der Waals surface area contributed by atoms with Crippen LogP contribution in [0.25, 0.3) is 0 Å². The summed E-state index contributed by atoms with van der Waals surface area (Å²) in [6.07, 6.45) is 2.57. The number of rotatable bonds is 8. The van der Waals surface area contributed by atoms with Crippen LogP contribution in [0.4, 0.5) is 11.6 Å². The quantitative estimate of drug-likeness (QED) is 0.445. The van der Waals surface area contributed by atoms with Crippen LogP contribution in [0.3, 0.4) is 0 Å². The summed E-state index contributed by atoms with van der Waals surface area (Å²) in [5.41, 5.74) is 6.45. The van der Waals surface area contributed by atoms with Crippen molar-refractivity contribution in [3.63, 3.8) is 0 Å². The lowest BCUT2D eigenvalue weighted by Crippen LogP contribution is -2.36. The minimum Gasteiger partial charge on any atom is -0.463 e. The molecular formula is C24H27N5O2. The van der Waals surface area contributed by atoms with E-state index >= 15 is 0 Å². The number of nitrogens with one attached hydrogen (secondary N) is 1. The standard InChI is InChI=1S/C24H27N5O2/c1-19-6-5-9-21(16-19)18-25-28-22-17-23(29-11-14-30-15-12-29)27-24(26-22)31-13-10-20-7-3-2-4-8-20/h2-9,16-18H,10-15H2,1H3,(H,26,27,28). The van der Waals surface area contributed by atoms with Crippen molar-refractivity contribution in [1.29, 1.82) is 0 Å². The molecule has 7 nitrogen and oxygen atoms in total. The van der Waals surface area contributed by atoms with Gasteiger partial charge in [0.15, 0.2) is 5.82 Å². The number of ether oxygens (including phenoxy) is 2. The Morgan fingerprint density at radius 1 is 1.06 bits per heavy atom. The fourth-order valence-electron chi connectivity index (χ4n) is 3.32. The number of aromatic nitrogens is 2. The summed E-state index contributed by atoms with van der Waals surface area (Å²) in [4.78, 5) is 11.3. The van der Waals surface area contributed by atoms with Crippen molar-refractivity contribution in [2.75, 3.05) is 43.2 Å². The molecule has 1 fully saturated rings.